The van der Waals surface area contributed by atoms with Crippen molar-refractivity contribution in [3.63, 3.8) is 0 Å². The van der Waals surface area contributed by atoms with E-state index in [-0.39, 0.29) is 0 Å². The first-order valence-electron chi connectivity index (χ1n) is 4.44. The number of terminal acetylenes is 1. The molecular weight excluding hydrogens is 240 g/mol. The highest BCUT2D eigenvalue weighted by Crippen LogP contribution is 2.18. The van der Waals surface area contributed by atoms with Crippen molar-refractivity contribution in [1.29, 1.82) is 0 Å². The number of rotatable bonds is 3. The normalized spacial score (nSPS) is 14.4. The summed E-state index contributed by atoms with van der Waals surface area (Å²) >= 11 is 3.36. The highest BCUT2D eigenvalue weighted by atomic mass is 79.9. The molecule has 0 aliphatic heterocycles. The summed E-state index contributed by atoms with van der Waals surface area (Å²) in [7, 11) is 0. The summed E-state index contributed by atoms with van der Waals surface area (Å²) in [5, 5.41) is 9.88. The van der Waals surface area contributed by atoms with Crippen LogP contribution in [0.15, 0.2) is 28.7 Å². The van der Waals surface area contributed by atoms with Gasteiger partial charge in [-0.05, 0) is 24.6 Å². The molecule has 1 unspecified atom stereocenters. The lowest BCUT2D eigenvalue weighted by Crippen LogP contribution is -2.26. The summed E-state index contributed by atoms with van der Waals surface area (Å²) in [4.78, 5) is 0. The van der Waals surface area contributed by atoms with Gasteiger partial charge in [-0.2, -0.15) is 0 Å². The van der Waals surface area contributed by atoms with Crippen molar-refractivity contribution >= 4 is 15.9 Å². The molecule has 74 valence electrons. The molecule has 1 nitrogen and oxygen atoms in total. The van der Waals surface area contributed by atoms with Gasteiger partial charge in [0.1, 0.15) is 0 Å². The van der Waals surface area contributed by atoms with Crippen LogP contribution in [0.5, 0.6) is 0 Å². The van der Waals surface area contributed by atoms with E-state index in [2.05, 4.69) is 21.9 Å². The lowest BCUT2D eigenvalue weighted by Gasteiger charge is -2.20. The highest BCUT2D eigenvalue weighted by molar-refractivity contribution is 9.10. The van der Waals surface area contributed by atoms with Crippen LogP contribution in [0, 0.1) is 12.3 Å². The van der Waals surface area contributed by atoms with Crippen molar-refractivity contribution in [3.05, 3.63) is 34.3 Å². The van der Waals surface area contributed by atoms with E-state index in [4.69, 9.17) is 6.42 Å². The molecule has 2 heteroatoms. The topological polar surface area (TPSA) is 20.2 Å². The summed E-state index contributed by atoms with van der Waals surface area (Å²) < 4.78 is 1.04. The van der Waals surface area contributed by atoms with E-state index in [1.165, 1.54) is 0 Å². The Hall–Kier alpha value is -0.780. The minimum absolute atomic E-state index is 0.378. The average Bonchev–Trinajstić information content (AvgIpc) is 2.08. The molecule has 0 amide bonds. The average molecular weight is 253 g/mol. The molecular formula is C12H13BrO. The predicted octanol–water partition coefficient (Wildman–Crippen LogP) is 2.77. The second-order valence-electron chi connectivity index (χ2n) is 3.68. The first kappa shape index (κ1) is 11.3. The maximum absolute atomic E-state index is 9.88. The number of aliphatic hydroxyl groups is 1. The first-order valence-corrected chi connectivity index (χ1v) is 5.23. The molecule has 0 bridgehead atoms. The molecule has 1 aromatic rings. The fourth-order valence-corrected chi connectivity index (χ4v) is 1.59. The minimum atomic E-state index is -0.803. The Bertz CT molecular complexity index is 332. The van der Waals surface area contributed by atoms with Gasteiger partial charge in [-0.15, -0.1) is 12.3 Å². The molecule has 0 aromatic heterocycles. The molecule has 14 heavy (non-hydrogen) atoms. The summed E-state index contributed by atoms with van der Waals surface area (Å²) in [6.07, 6.45) is 6.14. The molecule has 0 saturated carbocycles. The SMILES string of the molecule is C#CCC(C)(O)Cc1ccc(Br)cc1. The van der Waals surface area contributed by atoms with Crippen molar-refractivity contribution in [2.45, 2.75) is 25.4 Å². The summed E-state index contributed by atoms with van der Waals surface area (Å²) in [5.74, 6) is 2.48. The molecule has 1 N–H and O–H groups in total. The van der Waals surface area contributed by atoms with Gasteiger partial charge >= 0.3 is 0 Å². The maximum Gasteiger partial charge on any atom is 0.0768 e. The summed E-state index contributed by atoms with van der Waals surface area (Å²) in [6.45, 7) is 1.76. The van der Waals surface area contributed by atoms with Crippen LogP contribution in [0.3, 0.4) is 0 Å². The Morgan fingerprint density at radius 2 is 2.00 bits per heavy atom. The fraction of sp³-hybridized carbons (Fsp3) is 0.333. The van der Waals surface area contributed by atoms with Crippen molar-refractivity contribution in [2.24, 2.45) is 0 Å². The number of benzene rings is 1. The first-order chi connectivity index (χ1) is 6.53. The van der Waals surface area contributed by atoms with Crippen molar-refractivity contribution in [3.8, 4) is 12.3 Å². The molecule has 0 spiro atoms. The van der Waals surface area contributed by atoms with Gasteiger partial charge in [-0.1, -0.05) is 28.1 Å². The third-order valence-corrected chi connectivity index (χ3v) is 2.51. The zero-order chi connectivity index (χ0) is 10.6. The molecule has 0 fully saturated rings. The molecule has 0 aliphatic rings. The Kier molecular flexibility index (Phi) is 3.74. The van der Waals surface area contributed by atoms with Gasteiger partial charge in [0.15, 0.2) is 0 Å². The van der Waals surface area contributed by atoms with Gasteiger partial charge in [0.2, 0.25) is 0 Å². The van der Waals surface area contributed by atoms with Gasteiger partial charge in [-0.25, -0.2) is 0 Å². The van der Waals surface area contributed by atoms with E-state index in [9.17, 15) is 5.11 Å². The molecule has 0 radical (unpaired) electrons. The zero-order valence-corrected chi connectivity index (χ0v) is 9.71. The quantitative estimate of drug-likeness (QED) is 0.821. The second-order valence-corrected chi connectivity index (χ2v) is 4.60. The number of halogens is 1. The van der Waals surface area contributed by atoms with Crippen LogP contribution in [-0.2, 0) is 6.42 Å². The van der Waals surface area contributed by atoms with E-state index in [1.807, 2.05) is 24.3 Å². The third-order valence-electron chi connectivity index (χ3n) is 1.98. The number of hydrogen-bond acceptors (Lipinski definition) is 1. The summed E-state index contributed by atoms with van der Waals surface area (Å²) in [6, 6.07) is 7.88. The van der Waals surface area contributed by atoms with Crippen LogP contribution < -0.4 is 0 Å². The Labute approximate surface area is 93.3 Å². The Morgan fingerprint density at radius 3 is 2.50 bits per heavy atom. The molecule has 1 aromatic carbocycles. The fourth-order valence-electron chi connectivity index (χ4n) is 1.32. The van der Waals surface area contributed by atoms with Crippen LogP contribution in [-0.4, -0.2) is 10.7 Å². The lowest BCUT2D eigenvalue weighted by atomic mass is 9.94. The Balaban J connectivity index is 2.69. The summed E-state index contributed by atoms with van der Waals surface area (Å²) in [5.41, 5.74) is 0.288. The van der Waals surface area contributed by atoms with Gasteiger partial charge in [-0.3, -0.25) is 0 Å². The van der Waals surface area contributed by atoms with Crippen LogP contribution in [0.1, 0.15) is 18.9 Å². The Morgan fingerprint density at radius 1 is 1.43 bits per heavy atom. The van der Waals surface area contributed by atoms with Gasteiger partial charge in [0, 0.05) is 17.3 Å². The zero-order valence-electron chi connectivity index (χ0n) is 8.13. The predicted molar refractivity (Wildman–Crippen MR) is 61.9 cm³/mol. The van der Waals surface area contributed by atoms with E-state index >= 15 is 0 Å². The molecule has 0 heterocycles. The van der Waals surface area contributed by atoms with Crippen molar-refractivity contribution in [1.82, 2.24) is 0 Å². The molecule has 0 aliphatic carbocycles. The van der Waals surface area contributed by atoms with Crippen LogP contribution >= 0.6 is 15.9 Å². The largest absolute Gasteiger partial charge is 0.389 e. The second kappa shape index (κ2) is 4.63. The third kappa shape index (κ3) is 3.53. The smallest absolute Gasteiger partial charge is 0.0768 e. The standard InChI is InChI=1S/C12H13BrO/c1-3-8-12(2,14)9-10-4-6-11(13)7-5-10/h1,4-7,14H,8-9H2,2H3. The van der Waals surface area contributed by atoms with E-state index < -0.39 is 5.60 Å². The minimum Gasteiger partial charge on any atom is -0.389 e. The van der Waals surface area contributed by atoms with Crippen molar-refractivity contribution < 1.29 is 5.11 Å². The monoisotopic (exact) mass is 252 g/mol. The lowest BCUT2D eigenvalue weighted by molar-refractivity contribution is 0.0660. The van der Waals surface area contributed by atoms with Gasteiger partial charge < -0.3 is 5.11 Å². The molecule has 0 saturated heterocycles. The highest BCUT2D eigenvalue weighted by Gasteiger charge is 2.19. The van der Waals surface area contributed by atoms with Crippen LogP contribution in [0.25, 0.3) is 0 Å². The van der Waals surface area contributed by atoms with E-state index in [0.717, 1.165) is 10.0 Å². The number of hydrogen-bond donors (Lipinski definition) is 1. The van der Waals surface area contributed by atoms with Crippen molar-refractivity contribution in [2.75, 3.05) is 0 Å². The van der Waals surface area contributed by atoms with Crippen LogP contribution in [0.2, 0.25) is 0 Å². The molecule has 1 rings (SSSR count). The molecule has 1 atom stereocenters. The maximum atomic E-state index is 9.88. The van der Waals surface area contributed by atoms with Crippen LogP contribution in [0.4, 0.5) is 0 Å². The van der Waals surface area contributed by atoms with E-state index in [0.29, 0.717) is 12.8 Å². The van der Waals surface area contributed by atoms with Gasteiger partial charge in [0.25, 0.3) is 0 Å². The van der Waals surface area contributed by atoms with Gasteiger partial charge in [0.05, 0.1) is 5.60 Å². The van der Waals surface area contributed by atoms with E-state index in [1.54, 1.807) is 6.92 Å².